The Labute approximate surface area is 120 Å². The van der Waals surface area contributed by atoms with E-state index in [9.17, 15) is 0 Å². The number of aromatic nitrogens is 3. The summed E-state index contributed by atoms with van der Waals surface area (Å²) in [6, 6.07) is 4.01. The van der Waals surface area contributed by atoms with E-state index >= 15 is 0 Å². The first-order valence-electron chi connectivity index (χ1n) is 7.20. The topological polar surface area (TPSA) is 50.7 Å². The van der Waals surface area contributed by atoms with Gasteiger partial charge in [-0.05, 0) is 38.3 Å². The molecule has 0 saturated heterocycles. The quantitative estimate of drug-likeness (QED) is 0.903. The van der Waals surface area contributed by atoms with Crippen LogP contribution in [-0.2, 0) is 6.42 Å². The Balaban J connectivity index is 2.44. The molecule has 0 aliphatic rings. The fourth-order valence-electron chi connectivity index (χ4n) is 2.12. The maximum absolute atomic E-state index is 4.66. The summed E-state index contributed by atoms with van der Waals surface area (Å²) >= 11 is 0. The van der Waals surface area contributed by atoms with E-state index < -0.39 is 0 Å². The van der Waals surface area contributed by atoms with Crippen molar-refractivity contribution in [2.45, 2.75) is 40.5 Å². The molecule has 0 unspecified atom stereocenters. The highest BCUT2D eigenvalue weighted by Gasteiger charge is 2.11. The van der Waals surface area contributed by atoms with Crippen molar-refractivity contribution in [2.24, 2.45) is 0 Å². The molecule has 20 heavy (non-hydrogen) atoms. The van der Waals surface area contributed by atoms with Crippen molar-refractivity contribution in [3.05, 3.63) is 35.2 Å². The number of nitrogens with one attached hydrogen (secondary N) is 1. The largest absolute Gasteiger partial charge is 0.370 e. The van der Waals surface area contributed by atoms with Gasteiger partial charge in [0.15, 0.2) is 5.82 Å². The minimum atomic E-state index is 0.693. The molecule has 0 fully saturated rings. The molecule has 0 bridgehead atoms. The lowest BCUT2D eigenvalue weighted by Gasteiger charge is -2.13. The van der Waals surface area contributed by atoms with Gasteiger partial charge in [0.25, 0.3) is 0 Å². The Morgan fingerprint density at radius 2 is 1.90 bits per heavy atom. The van der Waals surface area contributed by atoms with Crippen molar-refractivity contribution in [1.29, 1.82) is 0 Å². The Hall–Kier alpha value is -1.97. The van der Waals surface area contributed by atoms with E-state index in [1.165, 1.54) is 5.56 Å². The van der Waals surface area contributed by atoms with Crippen LogP contribution in [0.5, 0.6) is 0 Å². The van der Waals surface area contributed by atoms with E-state index in [4.69, 9.17) is 0 Å². The third kappa shape index (κ3) is 3.13. The van der Waals surface area contributed by atoms with Crippen LogP contribution < -0.4 is 5.32 Å². The SMILES string of the molecule is CCCNc1nc(-c2ccc(C)cn2)nc(C)c1CC. The van der Waals surface area contributed by atoms with Crippen molar-refractivity contribution in [1.82, 2.24) is 15.0 Å². The summed E-state index contributed by atoms with van der Waals surface area (Å²) in [6.45, 7) is 9.26. The molecule has 2 rings (SSSR count). The van der Waals surface area contributed by atoms with Gasteiger partial charge in [-0.1, -0.05) is 19.9 Å². The second-order valence-corrected chi connectivity index (χ2v) is 4.96. The first-order valence-corrected chi connectivity index (χ1v) is 7.20. The summed E-state index contributed by atoms with van der Waals surface area (Å²) in [5.74, 6) is 1.64. The van der Waals surface area contributed by atoms with Gasteiger partial charge in [0.05, 0.1) is 0 Å². The summed E-state index contributed by atoms with van der Waals surface area (Å²) in [6.07, 6.45) is 3.85. The zero-order valence-electron chi connectivity index (χ0n) is 12.7. The predicted molar refractivity (Wildman–Crippen MR) is 82.9 cm³/mol. The van der Waals surface area contributed by atoms with Crippen LogP contribution in [0.4, 0.5) is 5.82 Å². The monoisotopic (exact) mass is 270 g/mol. The first-order chi connectivity index (χ1) is 9.65. The van der Waals surface area contributed by atoms with Gasteiger partial charge in [0, 0.05) is 24.0 Å². The van der Waals surface area contributed by atoms with Crippen molar-refractivity contribution in [3.8, 4) is 11.5 Å². The Bertz CT molecular complexity index is 576. The first kappa shape index (κ1) is 14.4. The Morgan fingerprint density at radius 3 is 2.50 bits per heavy atom. The predicted octanol–water partition coefficient (Wildman–Crippen LogP) is 3.54. The van der Waals surface area contributed by atoms with Crippen LogP contribution in [0.3, 0.4) is 0 Å². The highest BCUT2D eigenvalue weighted by Crippen LogP contribution is 2.21. The van der Waals surface area contributed by atoms with Gasteiger partial charge in [-0.25, -0.2) is 9.97 Å². The van der Waals surface area contributed by atoms with Crippen LogP contribution in [0, 0.1) is 13.8 Å². The molecule has 1 N–H and O–H groups in total. The molecule has 4 nitrogen and oxygen atoms in total. The summed E-state index contributed by atoms with van der Waals surface area (Å²) in [4.78, 5) is 13.7. The zero-order valence-corrected chi connectivity index (χ0v) is 12.7. The lowest BCUT2D eigenvalue weighted by molar-refractivity contribution is 0.936. The molecule has 0 radical (unpaired) electrons. The van der Waals surface area contributed by atoms with Gasteiger partial charge in [-0.2, -0.15) is 0 Å². The molecule has 0 aliphatic carbocycles. The van der Waals surface area contributed by atoms with E-state index in [0.717, 1.165) is 42.2 Å². The van der Waals surface area contributed by atoms with Gasteiger partial charge in [-0.15, -0.1) is 0 Å². The lowest BCUT2D eigenvalue weighted by atomic mass is 10.1. The third-order valence-corrected chi connectivity index (χ3v) is 3.25. The number of rotatable bonds is 5. The van der Waals surface area contributed by atoms with Gasteiger partial charge >= 0.3 is 0 Å². The molecule has 2 aromatic heterocycles. The summed E-state index contributed by atoms with van der Waals surface area (Å²) < 4.78 is 0. The lowest BCUT2D eigenvalue weighted by Crippen LogP contribution is -2.09. The molecule has 2 aromatic rings. The van der Waals surface area contributed by atoms with Crippen molar-refractivity contribution in [3.63, 3.8) is 0 Å². The van der Waals surface area contributed by atoms with Crippen LogP contribution in [0.2, 0.25) is 0 Å². The highest BCUT2D eigenvalue weighted by molar-refractivity contribution is 5.56. The molecule has 0 atom stereocenters. The van der Waals surface area contributed by atoms with E-state index in [1.54, 1.807) is 0 Å². The summed E-state index contributed by atoms with van der Waals surface area (Å²) in [5, 5.41) is 3.40. The molecular formula is C16H22N4. The minimum absolute atomic E-state index is 0.693. The maximum atomic E-state index is 4.66. The van der Waals surface area contributed by atoms with Crippen LogP contribution in [-0.4, -0.2) is 21.5 Å². The molecule has 0 aliphatic heterocycles. The minimum Gasteiger partial charge on any atom is -0.370 e. The summed E-state index contributed by atoms with van der Waals surface area (Å²) in [7, 11) is 0. The highest BCUT2D eigenvalue weighted by atomic mass is 15.0. The fraction of sp³-hybridized carbons (Fsp3) is 0.438. The molecule has 0 amide bonds. The number of anilines is 1. The third-order valence-electron chi connectivity index (χ3n) is 3.25. The Morgan fingerprint density at radius 1 is 1.10 bits per heavy atom. The van der Waals surface area contributed by atoms with Crippen LogP contribution in [0.25, 0.3) is 11.5 Å². The smallest absolute Gasteiger partial charge is 0.180 e. The van der Waals surface area contributed by atoms with Gasteiger partial charge in [0.2, 0.25) is 0 Å². The molecule has 0 aromatic carbocycles. The van der Waals surface area contributed by atoms with Gasteiger partial charge in [0.1, 0.15) is 11.5 Å². The zero-order chi connectivity index (χ0) is 14.5. The van der Waals surface area contributed by atoms with Crippen molar-refractivity contribution >= 4 is 5.82 Å². The average molecular weight is 270 g/mol. The number of aryl methyl sites for hydroxylation is 2. The maximum Gasteiger partial charge on any atom is 0.180 e. The number of nitrogens with zero attached hydrogens (tertiary/aromatic N) is 3. The van der Waals surface area contributed by atoms with Crippen LogP contribution in [0.15, 0.2) is 18.3 Å². The summed E-state index contributed by atoms with van der Waals surface area (Å²) in [5.41, 5.74) is 4.17. The molecule has 0 spiro atoms. The van der Waals surface area contributed by atoms with Crippen LogP contribution in [0.1, 0.15) is 37.1 Å². The second kappa shape index (κ2) is 6.46. The molecule has 4 heteroatoms. The molecule has 0 saturated carbocycles. The van der Waals surface area contributed by atoms with Gasteiger partial charge < -0.3 is 5.32 Å². The normalized spacial score (nSPS) is 10.6. The Kier molecular flexibility index (Phi) is 4.66. The van der Waals surface area contributed by atoms with Crippen molar-refractivity contribution < 1.29 is 0 Å². The van der Waals surface area contributed by atoms with E-state index in [0.29, 0.717) is 5.82 Å². The number of pyridine rings is 1. The number of hydrogen-bond donors (Lipinski definition) is 1. The second-order valence-electron chi connectivity index (χ2n) is 4.96. The number of hydrogen-bond acceptors (Lipinski definition) is 4. The molecule has 106 valence electrons. The van der Waals surface area contributed by atoms with E-state index in [1.807, 2.05) is 32.2 Å². The van der Waals surface area contributed by atoms with Crippen LogP contribution >= 0.6 is 0 Å². The van der Waals surface area contributed by atoms with Crippen molar-refractivity contribution in [2.75, 3.05) is 11.9 Å². The van der Waals surface area contributed by atoms with E-state index in [-0.39, 0.29) is 0 Å². The van der Waals surface area contributed by atoms with E-state index in [2.05, 4.69) is 34.1 Å². The molecular weight excluding hydrogens is 248 g/mol. The molecule has 2 heterocycles. The standard InChI is InChI=1S/C16H22N4/c1-5-9-17-15-13(6-2)12(4)19-16(20-15)14-8-7-11(3)10-18-14/h7-8,10H,5-6,9H2,1-4H3,(H,17,19,20). The van der Waals surface area contributed by atoms with Gasteiger partial charge in [-0.3, -0.25) is 4.98 Å². The fourth-order valence-corrected chi connectivity index (χ4v) is 2.12. The average Bonchev–Trinajstić information content (AvgIpc) is 2.45.